The van der Waals surface area contributed by atoms with Crippen molar-refractivity contribution in [3.8, 4) is 39.1 Å². The number of allylic oxidation sites excluding steroid dienone is 2. The van der Waals surface area contributed by atoms with Gasteiger partial charge in [0.2, 0.25) is 0 Å². The zero-order chi connectivity index (χ0) is 37.5. The highest BCUT2D eigenvalue weighted by Gasteiger charge is 2.54. The van der Waals surface area contributed by atoms with Crippen LogP contribution < -0.4 is 0 Å². The minimum atomic E-state index is -0.0108. The molecule has 56 heavy (non-hydrogen) atoms. The van der Waals surface area contributed by atoms with Gasteiger partial charge in [-0.25, -0.2) is 0 Å². The molecule has 2 aliphatic rings. The van der Waals surface area contributed by atoms with E-state index in [0.29, 0.717) is 11.8 Å². The van der Waals surface area contributed by atoms with Crippen LogP contribution in [0.1, 0.15) is 51.2 Å². The van der Waals surface area contributed by atoms with E-state index in [1.807, 2.05) is 0 Å². The van der Waals surface area contributed by atoms with Crippen molar-refractivity contribution >= 4 is 43.4 Å². The van der Waals surface area contributed by atoms with Crippen LogP contribution in [0.3, 0.4) is 0 Å². The smallest absolute Gasteiger partial charge is 0.0541 e. The normalized spacial score (nSPS) is 19.7. The standard InChI is InChI=1S/C55H45N/c1-4-36-32-35(3)55(38(5-2)33-36)48-27-15-13-25-45(48)54-46(26-17-28-49(54)55)53-43-23-11-9-21-41(43)52(42-22-10-12-24-44(42)53)37-30-31-51-47(34-37)40-20-14-16-29-50(40)56(51)39-18-7-6-8-19-39/h4,6-31,34-35,38H,5,32-33H2,1-3H3. The Morgan fingerprint density at radius 2 is 1.12 bits per heavy atom. The van der Waals surface area contributed by atoms with E-state index in [1.165, 1.54) is 100.0 Å². The van der Waals surface area contributed by atoms with Crippen LogP contribution in [0.25, 0.3) is 82.4 Å². The van der Waals surface area contributed by atoms with Crippen molar-refractivity contribution in [2.75, 3.05) is 0 Å². The molecule has 0 bridgehead atoms. The van der Waals surface area contributed by atoms with E-state index in [2.05, 4.69) is 195 Å². The summed E-state index contributed by atoms with van der Waals surface area (Å²) in [7, 11) is 0. The fourth-order valence-electron chi connectivity index (χ4n) is 11.5. The molecule has 3 atom stereocenters. The molecule has 0 amide bonds. The van der Waals surface area contributed by atoms with Crippen LogP contribution >= 0.6 is 0 Å². The summed E-state index contributed by atoms with van der Waals surface area (Å²) in [5, 5.41) is 7.74. The van der Waals surface area contributed by atoms with E-state index in [-0.39, 0.29) is 5.41 Å². The molecule has 0 aliphatic heterocycles. The van der Waals surface area contributed by atoms with Gasteiger partial charge in [0.15, 0.2) is 0 Å². The van der Waals surface area contributed by atoms with Crippen LogP contribution in [0.5, 0.6) is 0 Å². The van der Waals surface area contributed by atoms with Crippen molar-refractivity contribution in [3.63, 3.8) is 0 Å². The number of aromatic nitrogens is 1. The van der Waals surface area contributed by atoms with Gasteiger partial charge in [-0.15, -0.1) is 0 Å². The topological polar surface area (TPSA) is 4.93 Å². The van der Waals surface area contributed by atoms with Crippen molar-refractivity contribution in [3.05, 3.63) is 187 Å². The summed E-state index contributed by atoms with van der Waals surface area (Å²) in [6.07, 6.45) is 5.88. The van der Waals surface area contributed by atoms with Crippen molar-refractivity contribution < 1.29 is 0 Å². The molecule has 1 aromatic heterocycles. The molecule has 1 nitrogen and oxygen atoms in total. The molecule has 1 spiro atoms. The molecule has 3 unspecified atom stereocenters. The van der Waals surface area contributed by atoms with Gasteiger partial charge in [-0.3, -0.25) is 0 Å². The summed E-state index contributed by atoms with van der Waals surface area (Å²) in [5.74, 6) is 1.05. The quantitative estimate of drug-likeness (QED) is 0.126. The first-order valence-electron chi connectivity index (χ1n) is 20.5. The second-order valence-electron chi connectivity index (χ2n) is 16.3. The molecular formula is C55H45N. The van der Waals surface area contributed by atoms with Crippen LogP contribution in [-0.4, -0.2) is 4.57 Å². The van der Waals surface area contributed by atoms with Gasteiger partial charge >= 0.3 is 0 Å². The lowest BCUT2D eigenvalue weighted by atomic mass is 9.54. The molecule has 1 heteroatoms. The highest BCUT2D eigenvalue weighted by Crippen LogP contribution is 2.64. The number of fused-ring (bicyclic) bond motifs is 10. The fourth-order valence-corrected chi connectivity index (χ4v) is 11.5. The molecule has 2 aliphatic carbocycles. The second-order valence-corrected chi connectivity index (χ2v) is 16.3. The Balaban J connectivity index is 1.19. The van der Waals surface area contributed by atoms with Crippen molar-refractivity contribution in [1.82, 2.24) is 4.57 Å². The van der Waals surface area contributed by atoms with Gasteiger partial charge in [0, 0.05) is 21.9 Å². The third kappa shape index (κ3) is 4.49. The Morgan fingerprint density at radius 1 is 0.536 bits per heavy atom. The van der Waals surface area contributed by atoms with E-state index in [1.54, 1.807) is 5.57 Å². The van der Waals surface area contributed by atoms with Gasteiger partial charge in [0.1, 0.15) is 0 Å². The highest BCUT2D eigenvalue weighted by molar-refractivity contribution is 6.23. The zero-order valence-corrected chi connectivity index (χ0v) is 32.4. The molecule has 1 saturated carbocycles. The number of rotatable bonds is 4. The van der Waals surface area contributed by atoms with E-state index in [9.17, 15) is 0 Å². The summed E-state index contributed by atoms with van der Waals surface area (Å²) in [6, 6.07) is 61.7. The molecule has 0 radical (unpaired) electrons. The minimum Gasteiger partial charge on any atom is -0.309 e. The largest absolute Gasteiger partial charge is 0.309 e. The highest BCUT2D eigenvalue weighted by atomic mass is 15.0. The molecule has 11 rings (SSSR count). The van der Waals surface area contributed by atoms with Gasteiger partial charge in [-0.05, 0) is 128 Å². The molecule has 8 aromatic carbocycles. The first-order valence-corrected chi connectivity index (χ1v) is 20.5. The molecule has 1 fully saturated rings. The number of hydrogen-bond donors (Lipinski definition) is 0. The van der Waals surface area contributed by atoms with Crippen LogP contribution in [0, 0.1) is 11.8 Å². The molecule has 0 N–H and O–H groups in total. The van der Waals surface area contributed by atoms with Crippen molar-refractivity contribution in [2.24, 2.45) is 11.8 Å². The van der Waals surface area contributed by atoms with Gasteiger partial charge < -0.3 is 4.57 Å². The van der Waals surface area contributed by atoms with Gasteiger partial charge in [-0.1, -0.05) is 165 Å². The first kappa shape index (κ1) is 33.2. The number of para-hydroxylation sites is 2. The summed E-state index contributed by atoms with van der Waals surface area (Å²) >= 11 is 0. The van der Waals surface area contributed by atoms with Crippen molar-refractivity contribution in [2.45, 2.75) is 45.4 Å². The Hall–Kier alpha value is -6.18. The van der Waals surface area contributed by atoms with Gasteiger partial charge in [0.05, 0.1) is 11.0 Å². The average Bonchev–Trinajstić information content (AvgIpc) is 3.75. The third-order valence-electron chi connectivity index (χ3n) is 13.7. The predicted molar refractivity (Wildman–Crippen MR) is 239 cm³/mol. The summed E-state index contributed by atoms with van der Waals surface area (Å²) < 4.78 is 2.41. The second kappa shape index (κ2) is 12.7. The molecule has 270 valence electrons. The zero-order valence-electron chi connectivity index (χ0n) is 32.4. The van der Waals surface area contributed by atoms with E-state index < -0.39 is 0 Å². The first-order chi connectivity index (χ1) is 27.6. The van der Waals surface area contributed by atoms with Gasteiger partial charge in [-0.2, -0.15) is 0 Å². The third-order valence-corrected chi connectivity index (χ3v) is 13.7. The SMILES string of the molecule is CC=C1CC(C)C2(c3ccccc3-c3c(-c4c5ccccc5c(-c5ccc6c(c5)c5ccccc5n6-c5ccccc5)c5ccccc45)cccc32)C(CC)C1. The monoisotopic (exact) mass is 719 g/mol. The maximum atomic E-state index is 2.53. The number of nitrogens with zero attached hydrogens (tertiary/aromatic N) is 1. The summed E-state index contributed by atoms with van der Waals surface area (Å²) in [4.78, 5) is 0. The van der Waals surface area contributed by atoms with Crippen molar-refractivity contribution in [1.29, 1.82) is 0 Å². The Labute approximate surface area is 329 Å². The minimum absolute atomic E-state index is 0.0108. The molecule has 1 heterocycles. The van der Waals surface area contributed by atoms with E-state index in [4.69, 9.17) is 0 Å². The molecule has 9 aromatic rings. The fraction of sp³-hybridized carbons (Fsp3) is 0.164. The molecule has 0 saturated heterocycles. The lowest BCUT2D eigenvalue weighted by Crippen LogP contribution is -2.44. The van der Waals surface area contributed by atoms with Crippen LogP contribution in [0.15, 0.2) is 175 Å². The lowest BCUT2D eigenvalue weighted by molar-refractivity contribution is 0.188. The Morgan fingerprint density at radius 3 is 1.84 bits per heavy atom. The maximum absolute atomic E-state index is 2.53. The maximum Gasteiger partial charge on any atom is 0.0541 e. The van der Waals surface area contributed by atoms with E-state index in [0.717, 1.165) is 12.8 Å². The predicted octanol–water partition coefficient (Wildman–Crippen LogP) is 15.1. The lowest BCUT2D eigenvalue weighted by Gasteiger charge is -2.49. The Bertz CT molecular complexity index is 2990. The van der Waals surface area contributed by atoms with Crippen LogP contribution in [-0.2, 0) is 5.41 Å². The summed E-state index contributed by atoms with van der Waals surface area (Å²) in [5.41, 5.74) is 16.4. The van der Waals surface area contributed by atoms with Crippen LogP contribution in [0.4, 0.5) is 0 Å². The Kier molecular flexibility index (Phi) is 7.52. The summed E-state index contributed by atoms with van der Waals surface area (Å²) in [6.45, 7) is 7.18. The average molecular weight is 720 g/mol. The van der Waals surface area contributed by atoms with Crippen LogP contribution in [0.2, 0.25) is 0 Å². The van der Waals surface area contributed by atoms with Gasteiger partial charge in [0.25, 0.3) is 0 Å². The molecular weight excluding hydrogens is 675 g/mol. The number of benzene rings is 8. The van der Waals surface area contributed by atoms with E-state index >= 15 is 0 Å². The number of hydrogen-bond acceptors (Lipinski definition) is 0.